The van der Waals surface area contributed by atoms with Crippen LogP contribution in [0.2, 0.25) is 0 Å². The van der Waals surface area contributed by atoms with Crippen molar-refractivity contribution in [3.63, 3.8) is 0 Å². The predicted molar refractivity (Wildman–Crippen MR) is 34.1 cm³/mol. The number of hydrogen-bond donors (Lipinski definition) is 2. The molecule has 4 nitrogen and oxygen atoms in total. The van der Waals surface area contributed by atoms with Crippen LogP contribution < -0.4 is 0 Å². The summed E-state index contributed by atoms with van der Waals surface area (Å²) in [6.45, 7) is 0. The normalized spacial score (nSPS) is 8.29. The predicted octanol–water partition coefficient (Wildman–Crippen LogP) is -3.02. The van der Waals surface area contributed by atoms with Crippen molar-refractivity contribution in [2.75, 3.05) is 0 Å². The van der Waals surface area contributed by atoms with Gasteiger partial charge in [0.25, 0.3) is 0 Å². The molecule has 0 aromatic heterocycles. The molecule has 0 heterocycles. The molecule has 7 heavy (non-hydrogen) atoms. The maximum absolute atomic E-state index is 8.74. The second kappa shape index (κ2) is 5.77. The van der Waals surface area contributed by atoms with Gasteiger partial charge in [-0.1, -0.05) is 0 Å². The molecule has 0 bridgehead atoms. The first kappa shape index (κ1) is 15.9. The van der Waals surface area contributed by atoms with E-state index in [0.717, 1.165) is 0 Å². The molecule has 0 atom stereocenters. The van der Waals surface area contributed by atoms with Crippen LogP contribution in [-0.2, 0) is 10.4 Å². The Hall–Kier alpha value is 1.64. The van der Waals surface area contributed by atoms with E-state index in [2.05, 4.69) is 0 Å². The topological polar surface area (TPSA) is 74.6 Å². The molecule has 0 aliphatic heterocycles. The first-order valence-corrected chi connectivity index (χ1v) is 2.10. The quantitative estimate of drug-likeness (QED) is 0.263. The van der Waals surface area contributed by atoms with Crippen molar-refractivity contribution < 1.29 is 17.5 Å². The van der Waals surface area contributed by atoms with Crippen LogP contribution in [0.3, 0.4) is 0 Å². The van der Waals surface area contributed by atoms with Gasteiger partial charge in [-0.2, -0.15) is 8.42 Å². The van der Waals surface area contributed by atoms with E-state index >= 15 is 0 Å². The van der Waals surface area contributed by atoms with Crippen molar-refractivity contribution in [3.05, 3.63) is 0 Å². The molecule has 0 aliphatic rings. The van der Waals surface area contributed by atoms with E-state index < -0.39 is 10.4 Å². The van der Waals surface area contributed by atoms with E-state index in [1.54, 1.807) is 0 Å². The van der Waals surface area contributed by atoms with Crippen molar-refractivity contribution in [1.82, 2.24) is 0 Å². The average Bonchev–Trinajstić information content (AvgIpc) is 0.722. The Morgan fingerprint density at radius 1 is 1.00 bits per heavy atom. The summed E-state index contributed by atoms with van der Waals surface area (Å²) in [6.07, 6.45) is 0. The summed E-state index contributed by atoms with van der Waals surface area (Å²) in [4.78, 5) is 0. The summed E-state index contributed by atoms with van der Waals surface area (Å²) >= 11 is 0. The fraction of sp³-hybridized carbons (Fsp3) is 0. The molecule has 0 rings (SSSR count). The second-order valence-electron chi connectivity index (χ2n) is 0.448. The Morgan fingerprint density at radius 3 is 1.00 bits per heavy atom. The molecule has 0 aromatic rings. The molecule has 0 aliphatic carbocycles. The summed E-state index contributed by atoms with van der Waals surface area (Å²) in [5, 5.41) is 0. The monoisotopic (exact) mass is 522 g/mol. The van der Waals surface area contributed by atoms with Crippen LogP contribution in [0.25, 0.3) is 0 Å². The SMILES string of the molecule is O=S(=O)(O)O.[BiH3].[BiH3]. The average molecular weight is 522 g/mol. The zero-order chi connectivity index (χ0) is 4.50. The molecule has 7 heteroatoms. The molecule has 0 unspecified atom stereocenters. The van der Waals surface area contributed by atoms with Gasteiger partial charge >= 0.3 is 62.8 Å². The summed E-state index contributed by atoms with van der Waals surface area (Å²) in [7, 11) is -4.67. The van der Waals surface area contributed by atoms with E-state index in [0.29, 0.717) is 0 Å². The maximum atomic E-state index is 8.74. The van der Waals surface area contributed by atoms with Crippen molar-refractivity contribution in [3.8, 4) is 0 Å². The van der Waals surface area contributed by atoms with E-state index in [4.69, 9.17) is 17.5 Å². The Kier molecular flexibility index (Phi) is 13.1. The molecule has 0 radical (unpaired) electrons. The Balaban J connectivity index is -0.0000000800. The van der Waals surface area contributed by atoms with Gasteiger partial charge in [-0.05, 0) is 0 Å². The zero-order valence-corrected chi connectivity index (χ0v) is 15.3. The molecule has 2 N–H and O–H groups in total. The van der Waals surface area contributed by atoms with Gasteiger partial charge in [0, 0.05) is 0 Å². The summed E-state index contributed by atoms with van der Waals surface area (Å²) < 4.78 is 31.6. The zero-order valence-electron chi connectivity index (χ0n) is 3.53. The molecule has 0 fully saturated rings. The molecule has 0 saturated heterocycles. The van der Waals surface area contributed by atoms with Crippen molar-refractivity contribution in [2.45, 2.75) is 0 Å². The molecular formula is H8Bi2O4S. The summed E-state index contributed by atoms with van der Waals surface area (Å²) in [5.74, 6) is 0. The van der Waals surface area contributed by atoms with E-state index in [1.807, 2.05) is 0 Å². The fourth-order valence-electron chi connectivity index (χ4n) is 0. The third-order valence-electron chi connectivity index (χ3n) is 0. The fourth-order valence-corrected chi connectivity index (χ4v) is 0. The van der Waals surface area contributed by atoms with Crippen LogP contribution in [0.5, 0.6) is 0 Å². The Labute approximate surface area is 79.5 Å². The molecule has 0 spiro atoms. The Morgan fingerprint density at radius 2 is 1.00 bits per heavy atom. The number of hydrogen-bond acceptors (Lipinski definition) is 2. The molecule has 0 amide bonds. The first-order valence-electron chi connectivity index (χ1n) is 0.698. The van der Waals surface area contributed by atoms with Gasteiger partial charge in [0.1, 0.15) is 0 Å². The van der Waals surface area contributed by atoms with Gasteiger partial charge in [0.05, 0.1) is 0 Å². The van der Waals surface area contributed by atoms with Crippen molar-refractivity contribution in [2.24, 2.45) is 0 Å². The number of rotatable bonds is 0. The van der Waals surface area contributed by atoms with Crippen LogP contribution >= 0.6 is 0 Å². The van der Waals surface area contributed by atoms with Crippen LogP contribution in [0, 0.1) is 0 Å². The van der Waals surface area contributed by atoms with Crippen molar-refractivity contribution >= 4 is 62.8 Å². The van der Waals surface area contributed by atoms with E-state index in [-0.39, 0.29) is 52.4 Å². The molecular weight excluding hydrogens is 514 g/mol. The van der Waals surface area contributed by atoms with Gasteiger partial charge < -0.3 is 0 Å². The molecule has 48 valence electrons. The minimum absolute atomic E-state index is 0. The third kappa shape index (κ3) is 90.6. The van der Waals surface area contributed by atoms with Crippen molar-refractivity contribution in [1.29, 1.82) is 0 Å². The standard InChI is InChI=1S/2Bi.H2O4S.6H/c;;1-5(2,3)4;;;;;;/h;;(H2,1,2,3,4);;;;;;. The molecule has 0 saturated carbocycles. The van der Waals surface area contributed by atoms with Gasteiger partial charge in [0.2, 0.25) is 0 Å². The van der Waals surface area contributed by atoms with Gasteiger partial charge in [-0.3, -0.25) is 9.11 Å². The van der Waals surface area contributed by atoms with Crippen LogP contribution in [-0.4, -0.2) is 69.9 Å². The Bertz CT molecular complexity index is 92.9. The first-order chi connectivity index (χ1) is 2.00. The van der Waals surface area contributed by atoms with Gasteiger partial charge in [-0.15, -0.1) is 0 Å². The molecule has 0 aromatic carbocycles. The summed E-state index contributed by atoms with van der Waals surface area (Å²) in [6, 6.07) is 0. The van der Waals surface area contributed by atoms with Crippen LogP contribution in [0.15, 0.2) is 0 Å². The van der Waals surface area contributed by atoms with Crippen LogP contribution in [0.4, 0.5) is 0 Å². The van der Waals surface area contributed by atoms with E-state index in [1.165, 1.54) is 0 Å². The minimum atomic E-state index is -4.67. The van der Waals surface area contributed by atoms with Gasteiger partial charge in [0.15, 0.2) is 0 Å². The van der Waals surface area contributed by atoms with Crippen LogP contribution in [0.1, 0.15) is 0 Å². The summed E-state index contributed by atoms with van der Waals surface area (Å²) in [5.41, 5.74) is 0. The van der Waals surface area contributed by atoms with Gasteiger partial charge in [-0.25, -0.2) is 0 Å². The van der Waals surface area contributed by atoms with E-state index in [9.17, 15) is 0 Å². The third-order valence-corrected chi connectivity index (χ3v) is 0. The second-order valence-corrected chi connectivity index (χ2v) is 1.34.